The van der Waals surface area contributed by atoms with Crippen LogP contribution < -0.4 is 20.7 Å². The number of likely N-dealkylation sites (tertiary alicyclic amines) is 3. The van der Waals surface area contributed by atoms with Crippen molar-refractivity contribution >= 4 is 105 Å². The summed E-state index contributed by atoms with van der Waals surface area (Å²) in [6.45, 7) is 0.532. The van der Waals surface area contributed by atoms with Gasteiger partial charge in [-0.2, -0.15) is 5.26 Å². The number of unbranched alkanes of at least 4 members (excludes halogenated alkanes) is 2. The molecule has 7 amide bonds. The fraction of sp³-hybridized carbons (Fsp3) is 0.594. The number of benzene rings is 2. The first-order valence-corrected chi connectivity index (χ1v) is 34.1. The van der Waals surface area contributed by atoms with Crippen LogP contribution in [0.5, 0.6) is 5.75 Å². The monoisotopic (exact) mass is 1440 g/mol. The highest BCUT2D eigenvalue weighted by molar-refractivity contribution is 14.1. The molecule has 0 aliphatic carbocycles. The van der Waals surface area contributed by atoms with Crippen molar-refractivity contribution in [1.82, 2.24) is 55.2 Å². The second-order valence-corrected chi connectivity index (χ2v) is 26.8. The number of halogens is 3. The minimum Gasteiger partial charge on any atom is -0.494 e. The van der Waals surface area contributed by atoms with E-state index in [-0.39, 0.29) is 121 Å². The smallest absolute Gasteiger partial charge is 0.317 e. The Bertz CT molecular complexity index is 3150. The third-order valence-electron chi connectivity index (χ3n) is 17.2. The van der Waals surface area contributed by atoms with Crippen LogP contribution in [0.3, 0.4) is 0 Å². The summed E-state index contributed by atoms with van der Waals surface area (Å²) in [6.07, 6.45) is 7.91. The molecular weight excluding hydrogens is 1360 g/mol. The summed E-state index contributed by atoms with van der Waals surface area (Å²) >= 11 is 3.47. The maximum Gasteiger partial charge on any atom is 0.317 e. The number of carboxylic acids is 3. The quantitative estimate of drug-likeness (QED) is 0.0297. The highest BCUT2D eigenvalue weighted by Gasteiger charge is 2.47. The van der Waals surface area contributed by atoms with Gasteiger partial charge in [-0.15, -0.1) is 11.8 Å². The van der Waals surface area contributed by atoms with Gasteiger partial charge in [0.05, 0.1) is 68.3 Å². The Morgan fingerprint density at radius 2 is 1.37 bits per heavy atom. The molecule has 30 heteroatoms. The van der Waals surface area contributed by atoms with Crippen LogP contribution in [-0.4, -0.2) is 267 Å². The molecule has 512 valence electrons. The molecule has 4 aliphatic rings. The van der Waals surface area contributed by atoms with E-state index in [4.69, 9.17) is 4.74 Å². The largest absolute Gasteiger partial charge is 0.494 e. The van der Waals surface area contributed by atoms with E-state index in [1.165, 1.54) is 24.0 Å². The summed E-state index contributed by atoms with van der Waals surface area (Å²) in [4.78, 5) is 144. The van der Waals surface area contributed by atoms with Crippen LogP contribution in [0, 0.1) is 20.8 Å². The molecule has 94 heavy (non-hydrogen) atoms. The molecule has 6 N–H and O–H groups in total. The van der Waals surface area contributed by atoms with Crippen molar-refractivity contribution in [3.63, 3.8) is 0 Å². The Balaban J connectivity index is 0.866. The van der Waals surface area contributed by atoms with Crippen molar-refractivity contribution in [2.24, 2.45) is 5.92 Å². The van der Waals surface area contributed by atoms with Crippen LogP contribution in [0.25, 0.3) is 10.9 Å². The zero-order valence-electron chi connectivity index (χ0n) is 52.7. The Kier molecular flexibility index (Phi) is 29.4. The predicted octanol–water partition coefficient (Wildman–Crippen LogP) is 3.25. The molecule has 5 heterocycles. The molecule has 4 saturated heterocycles. The van der Waals surface area contributed by atoms with E-state index in [1.54, 1.807) is 43.9 Å². The van der Waals surface area contributed by atoms with Gasteiger partial charge >= 0.3 is 17.9 Å². The summed E-state index contributed by atoms with van der Waals surface area (Å²) < 4.78 is 35.0. The SMILES string of the molecule is N#C[C@H]1CC(F)(F)CN1C(=O)CNC(=O)c1ccnc2ccc(OCCCCC3CCN(C(=O)CN4C(=O)CC(SCC(CCCCNC(=O)CCCc5ccc(I)cc5)NC(=O)CN5CCN(CC(=O)O)CCN(CC(=O)O)CCN(CC(=O)O)CC5)C4=O)CC3)cc12. The lowest BCUT2D eigenvalue weighted by Crippen LogP contribution is -2.50. The molecular formula is C64H85F2IN12O14S. The number of aromatic nitrogens is 1. The molecule has 1 aromatic heterocycles. The third kappa shape index (κ3) is 24.5. The highest BCUT2D eigenvalue weighted by atomic mass is 127. The van der Waals surface area contributed by atoms with Crippen molar-refractivity contribution in [2.75, 3.05) is 130 Å². The number of hydrogen-bond acceptors (Lipinski definition) is 18. The zero-order chi connectivity index (χ0) is 67.7. The van der Waals surface area contributed by atoms with E-state index in [2.05, 4.69) is 43.5 Å². The van der Waals surface area contributed by atoms with E-state index < -0.39 is 84.3 Å². The first-order chi connectivity index (χ1) is 45.0. The molecule has 2 aromatic carbocycles. The molecule has 2 unspecified atom stereocenters. The minimum atomic E-state index is -3.19. The Labute approximate surface area is 562 Å². The Morgan fingerprint density at radius 3 is 1.99 bits per heavy atom. The van der Waals surface area contributed by atoms with Gasteiger partial charge in [-0.25, -0.2) is 8.78 Å². The second kappa shape index (κ2) is 37.2. The number of alkyl halides is 2. The van der Waals surface area contributed by atoms with Gasteiger partial charge in [0.25, 0.3) is 11.8 Å². The summed E-state index contributed by atoms with van der Waals surface area (Å²) in [6, 6.07) is 14.7. The van der Waals surface area contributed by atoms with Crippen LogP contribution in [0.1, 0.15) is 93.0 Å². The van der Waals surface area contributed by atoms with Crippen LogP contribution >= 0.6 is 34.4 Å². The number of fused-ring (bicyclic) bond motifs is 1. The number of nitrogens with zero attached hydrogens (tertiary/aromatic N) is 9. The zero-order valence-corrected chi connectivity index (χ0v) is 55.7. The van der Waals surface area contributed by atoms with Crippen molar-refractivity contribution in [1.29, 1.82) is 5.26 Å². The molecule has 4 aliphatic heterocycles. The van der Waals surface area contributed by atoms with E-state index in [0.29, 0.717) is 87.3 Å². The maximum absolute atomic E-state index is 14.1. The number of carbonyl (C=O) groups is 10. The van der Waals surface area contributed by atoms with Crippen molar-refractivity contribution in [3.05, 3.63) is 69.4 Å². The molecule has 0 spiro atoms. The van der Waals surface area contributed by atoms with Crippen LogP contribution in [0.15, 0.2) is 54.7 Å². The number of aryl methyl sites for hydroxylation is 1. The molecule has 0 bridgehead atoms. The number of thioether (sulfide) groups is 1. The fourth-order valence-corrected chi connectivity index (χ4v) is 13.6. The van der Waals surface area contributed by atoms with E-state index in [0.717, 1.165) is 51.0 Å². The van der Waals surface area contributed by atoms with Gasteiger partial charge in [0.2, 0.25) is 35.4 Å². The van der Waals surface area contributed by atoms with Crippen molar-refractivity contribution < 1.29 is 76.8 Å². The van der Waals surface area contributed by atoms with Gasteiger partial charge in [0, 0.05) is 118 Å². The number of pyridine rings is 1. The number of rotatable bonds is 32. The average molecular weight is 1440 g/mol. The van der Waals surface area contributed by atoms with E-state index in [9.17, 15) is 77.3 Å². The number of amides is 7. The van der Waals surface area contributed by atoms with Gasteiger partial charge in [-0.3, -0.25) is 77.4 Å². The summed E-state index contributed by atoms with van der Waals surface area (Å²) in [5.74, 6) is -8.49. The predicted molar refractivity (Wildman–Crippen MR) is 351 cm³/mol. The number of piperidine rings is 1. The van der Waals surface area contributed by atoms with Crippen molar-refractivity contribution in [3.8, 4) is 11.8 Å². The number of ether oxygens (including phenoxy) is 1. The van der Waals surface area contributed by atoms with E-state index in [1.807, 2.05) is 29.2 Å². The topological polar surface area (TPSA) is 336 Å². The summed E-state index contributed by atoms with van der Waals surface area (Å²) in [7, 11) is 0. The number of carbonyl (C=O) groups excluding carboxylic acids is 7. The average Bonchev–Trinajstić information content (AvgIpc) is 1.34. The Hall–Kier alpha value is -7.18. The van der Waals surface area contributed by atoms with Crippen LogP contribution in [0.4, 0.5) is 8.78 Å². The third-order valence-corrected chi connectivity index (χ3v) is 19.2. The maximum atomic E-state index is 14.1. The lowest BCUT2D eigenvalue weighted by atomic mass is 9.91. The molecule has 7 rings (SSSR count). The molecule has 3 atom stereocenters. The number of carboxylic acid groups (broad SMARTS) is 3. The molecule has 4 fully saturated rings. The lowest BCUT2D eigenvalue weighted by Gasteiger charge is -2.33. The van der Waals surface area contributed by atoms with Gasteiger partial charge in [0.1, 0.15) is 18.3 Å². The number of aliphatic carboxylic acids is 3. The molecule has 0 radical (unpaired) electrons. The van der Waals surface area contributed by atoms with Gasteiger partial charge in [-0.1, -0.05) is 18.6 Å². The van der Waals surface area contributed by atoms with Gasteiger partial charge in [0.15, 0.2) is 0 Å². The lowest BCUT2D eigenvalue weighted by molar-refractivity contribution is -0.146. The van der Waals surface area contributed by atoms with Gasteiger partial charge < -0.3 is 45.8 Å². The number of imide groups is 1. The standard InChI is InChI=1S/C64H85F2IN12O14S/c65-64(66)34-48(35-68)79(43-64)57(83)36-71-62(91)50-16-20-69-52-15-14-49(32-51(50)52)93-31-4-2-6-45-17-21-77(22-18-45)58(84)38-78-56(82)33-53(63(78)92)94-42-47(8-1-3-19-70-54(80)9-5-7-44-10-12-46(67)13-11-44)72-55(81)37-73-23-25-74(39-59(85)86)27-29-76(41-61(89)90)30-28-75(26-24-73)40-60(87)88/h10-16,20,32,45,47-48,53H,1-9,17-19,21-31,33-34,36-43H2,(H,70,80)(H,71,91)(H,72,81)(H,85,86)(H,87,88)(H,89,90)/t47?,48-,53?/m1/s1. The summed E-state index contributed by atoms with van der Waals surface area (Å²) in [5.41, 5.74) is 1.85. The van der Waals surface area contributed by atoms with Crippen LogP contribution in [0.2, 0.25) is 0 Å². The normalized spacial score (nSPS) is 19.2. The van der Waals surface area contributed by atoms with Crippen LogP contribution in [-0.2, 0) is 49.6 Å². The van der Waals surface area contributed by atoms with Gasteiger partial charge in [-0.05, 0) is 128 Å². The minimum absolute atomic E-state index is 0.0677. The molecule has 0 saturated carbocycles. The summed E-state index contributed by atoms with van der Waals surface area (Å²) in [5, 5.41) is 46.5. The molecule has 26 nitrogen and oxygen atoms in total. The number of nitriles is 1. The first kappa shape index (κ1) is 74.2. The second-order valence-electron chi connectivity index (χ2n) is 24.3. The van der Waals surface area contributed by atoms with Crippen molar-refractivity contribution in [2.45, 2.75) is 107 Å². The molecule has 3 aromatic rings. The first-order valence-electron chi connectivity index (χ1n) is 32.0. The highest BCUT2D eigenvalue weighted by Crippen LogP contribution is 2.32. The van der Waals surface area contributed by atoms with E-state index >= 15 is 0 Å². The Morgan fingerprint density at radius 1 is 0.745 bits per heavy atom. The number of nitrogens with one attached hydrogen (secondary N) is 3. The number of hydrogen-bond donors (Lipinski definition) is 6. The fourth-order valence-electron chi connectivity index (χ4n) is 12.0.